The van der Waals surface area contributed by atoms with Crippen LogP contribution in [0.4, 0.5) is 11.4 Å². The number of para-hydroxylation sites is 2. The summed E-state index contributed by atoms with van der Waals surface area (Å²) in [5, 5.41) is 8.84. The average molecular weight is 398 g/mol. The Kier molecular flexibility index (Phi) is 7.65. The number of hydrogen-bond donors (Lipinski definition) is 3. The molecule has 2 amide bonds. The number of carbonyl (C=O) groups is 2. The predicted molar refractivity (Wildman–Crippen MR) is 118 cm³/mol. The number of nitrogens with one attached hydrogen (secondary N) is 3. The molecule has 0 atom stereocenters. The highest BCUT2D eigenvalue weighted by Crippen LogP contribution is 2.24. The van der Waals surface area contributed by atoms with E-state index in [1.165, 1.54) is 0 Å². The number of benzene rings is 2. The highest BCUT2D eigenvalue weighted by atomic mass is 16.5. The number of rotatable bonds is 8. The Balaban J connectivity index is 1.95. The topological polar surface area (TPSA) is 79.5 Å². The molecule has 0 radical (unpaired) electrons. The quantitative estimate of drug-likeness (QED) is 0.620. The van der Waals surface area contributed by atoms with Gasteiger partial charge >= 0.3 is 0 Å². The molecule has 0 heterocycles. The zero-order chi connectivity index (χ0) is 21.4. The van der Waals surface area contributed by atoms with E-state index in [9.17, 15) is 9.59 Å². The molecule has 2 aromatic carbocycles. The Morgan fingerprint density at radius 1 is 1.03 bits per heavy atom. The van der Waals surface area contributed by atoms with Gasteiger partial charge in [0, 0.05) is 16.8 Å². The molecule has 2 aromatic rings. The lowest BCUT2D eigenvalue weighted by atomic mass is 10.1. The van der Waals surface area contributed by atoms with E-state index in [-0.39, 0.29) is 23.9 Å². The first kappa shape index (κ1) is 22.3. The van der Waals surface area contributed by atoms with Crippen LogP contribution >= 0.6 is 0 Å². The van der Waals surface area contributed by atoms with Crippen LogP contribution in [0.25, 0.3) is 0 Å². The first-order valence-electron chi connectivity index (χ1n) is 9.82. The number of amides is 2. The summed E-state index contributed by atoms with van der Waals surface area (Å²) in [4.78, 5) is 24.7. The van der Waals surface area contributed by atoms with Gasteiger partial charge in [0.05, 0.1) is 18.8 Å². The number of hydrogen-bond acceptors (Lipinski definition) is 4. The fourth-order valence-electron chi connectivity index (χ4n) is 2.53. The Labute approximate surface area is 173 Å². The van der Waals surface area contributed by atoms with Gasteiger partial charge in [-0.05, 0) is 57.0 Å². The third-order valence-corrected chi connectivity index (χ3v) is 3.80. The van der Waals surface area contributed by atoms with E-state index in [0.717, 1.165) is 11.4 Å². The van der Waals surface area contributed by atoms with E-state index >= 15 is 0 Å². The lowest BCUT2D eigenvalue weighted by Gasteiger charge is -2.20. The molecule has 6 nitrogen and oxygen atoms in total. The minimum Gasteiger partial charge on any atom is -0.491 e. The molecular formula is C23H31N3O3. The summed E-state index contributed by atoms with van der Waals surface area (Å²) in [6.45, 7) is 10.6. The van der Waals surface area contributed by atoms with E-state index in [0.29, 0.717) is 23.8 Å². The molecule has 0 saturated heterocycles. The van der Waals surface area contributed by atoms with Gasteiger partial charge in [0.1, 0.15) is 5.75 Å². The summed E-state index contributed by atoms with van der Waals surface area (Å²) < 4.78 is 5.79. The molecule has 0 aliphatic carbocycles. The summed E-state index contributed by atoms with van der Waals surface area (Å²) in [6.07, 6.45) is 0. The number of anilines is 2. The molecule has 3 N–H and O–H groups in total. The molecule has 0 aliphatic rings. The van der Waals surface area contributed by atoms with Gasteiger partial charge in [-0.1, -0.05) is 32.0 Å². The average Bonchev–Trinajstić information content (AvgIpc) is 2.64. The largest absolute Gasteiger partial charge is 0.491 e. The normalized spacial score (nSPS) is 11.1. The molecule has 0 fully saturated rings. The summed E-state index contributed by atoms with van der Waals surface area (Å²) in [7, 11) is 0. The minimum absolute atomic E-state index is 0.0838. The molecule has 29 heavy (non-hydrogen) atoms. The van der Waals surface area contributed by atoms with Crippen molar-refractivity contribution in [1.29, 1.82) is 0 Å². The van der Waals surface area contributed by atoms with Gasteiger partial charge in [-0.15, -0.1) is 0 Å². The van der Waals surface area contributed by atoms with Crippen LogP contribution in [0.2, 0.25) is 0 Å². The lowest BCUT2D eigenvalue weighted by molar-refractivity contribution is -0.114. The van der Waals surface area contributed by atoms with E-state index < -0.39 is 0 Å². The fourth-order valence-corrected chi connectivity index (χ4v) is 2.53. The van der Waals surface area contributed by atoms with Gasteiger partial charge in [0.15, 0.2) is 0 Å². The maximum Gasteiger partial charge on any atom is 0.251 e. The number of ether oxygens (including phenoxy) is 1. The van der Waals surface area contributed by atoms with Crippen molar-refractivity contribution in [2.45, 2.75) is 40.2 Å². The first-order valence-corrected chi connectivity index (χ1v) is 9.82. The van der Waals surface area contributed by atoms with Crippen molar-refractivity contribution in [2.75, 3.05) is 23.8 Å². The summed E-state index contributed by atoms with van der Waals surface area (Å²) in [5.41, 5.74) is 1.51. The van der Waals surface area contributed by atoms with Crippen LogP contribution in [-0.2, 0) is 4.79 Å². The smallest absolute Gasteiger partial charge is 0.251 e. The van der Waals surface area contributed by atoms with Crippen molar-refractivity contribution >= 4 is 23.2 Å². The van der Waals surface area contributed by atoms with Crippen LogP contribution in [0.5, 0.6) is 5.75 Å². The lowest BCUT2D eigenvalue weighted by Crippen LogP contribution is -2.40. The van der Waals surface area contributed by atoms with Gasteiger partial charge in [-0.3, -0.25) is 9.59 Å². The van der Waals surface area contributed by atoms with E-state index in [1.54, 1.807) is 24.3 Å². The standard InChI is InChI=1S/C23H31N3O3/c1-16(2)15-29-20-12-7-6-11-19(20)24-14-21(27)25-18-10-8-9-17(13-18)22(28)26-23(3,4)5/h6-13,16,24H,14-15H2,1-5H3,(H,25,27)(H,26,28). The van der Waals surface area contributed by atoms with Gasteiger partial charge in [-0.2, -0.15) is 0 Å². The molecule has 2 rings (SSSR count). The molecule has 0 unspecified atom stereocenters. The molecule has 0 bridgehead atoms. The fraction of sp³-hybridized carbons (Fsp3) is 0.391. The Morgan fingerprint density at radius 3 is 2.45 bits per heavy atom. The molecule has 0 spiro atoms. The van der Waals surface area contributed by atoms with E-state index in [4.69, 9.17) is 4.74 Å². The summed E-state index contributed by atoms with van der Waals surface area (Å²) in [5.74, 6) is 0.740. The van der Waals surface area contributed by atoms with Crippen molar-refractivity contribution in [3.63, 3.8) is 0 Å². The Hall–Kier alpha value is -3.02. The Bertz CT molecular complexity index is 841. The molecular weight excluding hydrogens is 366 g/mol. The van der Waals surface area contributed by atoms with Crippen LogP contribution in [0, 0.1) is 5.92 Å². The van der Waals surface area contributed by atoms with E-state index in [1.807, 2.05) is 45.0 Å². The third kappa shape index (κ3) is 7.86. The molecule has 0 saturated carbocycles. The zero-order valence-electron chi connectivity index (χ0n) is 17.8. The second-order valence-corrected chi connectivity index (χ2v) is 8.39. The molecule has 156 valence electrons. The first-order chi connectivity index (χ1) is 13.6. The highest BCUT2D eigenvalue weighted by Gasteiger charge is 2.15. The molecule has 0 aliphatic heterocycles. The van der Waals surface area contributed by atoms with Crippen LogP contribution in [0.15, 0.2) is 48.5 Å². The third-order valence-electron chi connectivity index (χ3n) is 3.80. The minimum atomic E-state index is -0.328. The molecule has 6 heteroatoms. The van der Waals surface area contributed by atoms with Crippen LogP contribution in [-0.4, -0.2) is 30.5 Å². The van der Waals surface area contributed by atoms with Gasteiger partial charge in [-0.25, -0.2) is 0 Å². The predicted octanol–water partition coefficient (Wildman–Crippen LogP) is 4.30. The van der Waals surface area contributed by atoms with Crippen LogP contribution in [0.3, 0.4) is 0 Å². The van der Waals surface area contributed by atoms with Crippen molar-refractivity contribution < 1.29 is 14.3 Å². The maximum atomic E-state index is 12.4. The maximum absolute atomic E-state index is 12.4. The van der Waals surface area contributed by atoms with Crippen molar-refractivity contribution in [2.24, 2.45) is 5.92 Å². The van der Waals surface area contributed by atoms with Gasteiger partial charge in [0.2, 0.25) is 5.91 Å². The monoisotopic (exact) mass is 397 g/mol. The molecule has 0 aromatic heterocycles. The Morgan fingerprint density at radius 2 is 1.76 bits per heavy atom. The summed E-state index contributed by atoms with van der Waals surface area (Å²) in [6, 6.07) is 14.4. The highest BCUT2D eigenvalue weighted by molar-refractivity contribution is 5.98. The zero-order valence-corrected chi connectivity index (χ0v) is 17.8. The van der Waals surface area contributed by atoms with Gasteiger partial charge < -0.3 is 20.7 Å². The van der Waals surface area contributed by atoms with Gasteiger partial charge in [0.25, 0.3) is 5.91 Å². The van der Waals surface area contributed by atoms with Crippen molar-refractivity contribution in [3.8, 4) is 5.75 Å². The summed E-state index contributed by atoms with van der Waals surface area (Å²) >= 11 is 0. The second-order valence-electron chi connectivity index (χ2n) is 8.39. The van der Waals surface area contributed by atoms with Crippen LogP contribution in [0.1, 0.15) is 45.0 Å². The second kappa shape index (κ2) is 9.96. The van der Waals surface area contributed by atoms with Crippen molar-refractivity contribution in [3.05, 3.63) is 54.1 Å². The SMILES string of the molecule is CC(C)COc1ccccc1NCC(=O)Nc1cccc(C(=O)NC(C)(C)C)c1. The van der Waals surface area contributed by atoms with E-state index in [2.05, 4.69) is 29.8 Å². The van der Waals surface area contributed by atoms with Crippen molar-refractivity contribution in [1.82, 2.24) is 5.32 Å². The van der Waals surface area contributed by atoms with Crippen LogP contribution < -0.4 is 20.7 Å². The number of carbonyl (C=O) groups excluding carboxylic acids is 2.